The van der Waals surface area contributed by atoms with Crippen LogP contribution in [0.3, 0.4) is 0 Å². The van der Waals surface area contributed by atoms with Gasteiger partial charge in [0.25, 0.3) is 0 Å². The van der Waals surface area contributed by atoms with Crippen molar-refractivity contribution < 1.29 is 4.79 Å². The molecule has 1 amide bonds. The van der Waals surface area contributed by atoms with Crippen molar-refractivity contribution in [2.45, 2.75) is 51.1 Å². The third-order valence-electron chi connectivity index (χ3n) is 5.75. The summed E-state index contributed by atoms with van der Waals surface area (Å²) in [5.74, 6) is 0.659. The van der Waals surface area contributed by atoms with Crippen LogP contribution in [0, 0.1) is 5.92 Å². The molecule has 3 aliphatic rings. The Hall–Kier alpha value is -1.13. The average molecular weight is 330 g/mol. The predicted octanol–water partition coefficient (Wildman–Crippen LogP) is 3.45. The highest BCUT2D eigenvalue weighted by atomic mass is 32.1. The molecule has 4 heteroatoms. The van der Waals surface area contributed by atoms with Crippen LogP contribution in [0.5, 0.6) is 0 Å². The van der Waals surface area contributed by atoms with Gasteiger partial charge in [0.2, 0.25) is 5.91 Å². The van der Waals surface area contributed by atoms with E-state index in [4.69, 9.17) is 0 Å². The first-order valence-corrected chi connectivity index (χ1v) is 9.92. The normalized spacial score (nSPS) is 26.3. The zero-order chi connectivity index (χ0) is 15.6. The molecule has 1 aromatic heterocycles. The summed E-state index contributed by atoms with van der Waals surface area (Å²) in [6.07, 6.45) is 11.0. The van der Waals surface area contributed by atoms with Gasteiger partial charge in [-0.2, -0.15) is 0 Å². The van der Waals surface area contributed by atoms with Crippen molar-refractivity contribution in [3.05, 3.63) is 34.0 Å². The molecule has 0 saturated carbocycles. The van der Waals surface area contributed by atoms with Gasteiger partial charge in [-0.3, -0.25) is 9.69 Å². The van der Waals surface area contributed by atoms with Gasteiger partial charge < -0.3 is 4.90 Å². The molecule has 0 bridgehead atoms. The summed E-state index contributed by atoms with van der Waals surface area (Å²) in [4.78, 5) is 19.0. The fraction of sp³-hybridized carbons (Fsp3) is 0.632. The largest absolute Gasteiger partial charge is 0.342 e. The third kappa shape index (κ3) is 3.24. The average Bonchev–Trinajstić information content (AvgIpc) is 3.10. The van der Waals surface area contributed by atoms with Crippen LogP contribution in [0.1, 0.15) is 42.5 Å². The van der Waals surface area contributed by atoms with E-state index in [-0.39, 0.29) is 5.92 Å². The minimum absolute atomic E-state index is 0.250. The SMILES string of the molecule is O=C(C1CC=CCC1)N1CCC(N2CCc3sccc3C2)CC1. The lowest BCUT2D eigenvalue weighted by molar-refractivity contribution is -0.137. The van der Waals surface area contributed by atoms with Crippen LogP contribution < -0.4 is 0 Å². The van der Waals surface area contributed by atoms with Crippen LogP contribution in [0.25, 0.3) is 0 Å². The van der Waals surface area contributed by atoms with Crippen LogP contribution in [0.4, 0.5) is 0 Å². The van der Waals surface area contributed by atoms with E-state index in [1.54, 1.807) is 4.88 Å². The molecule has 1 unspecified atom stereocenters. The van der Waals surface area contributed by atoms with Gasteiger partial charge in [-0.25, -0.2) is 0 Å². The number of allylic oxidation sites excluding steroid dienone is 2. The number of hydrogen-bond donors (Lipinski definition) is 0. The Labute approximate surface area is 143 Å². The molecule has 124 valence electrons. The summed E-state index contributed by atoms with van der Waals surface area (Å²) in [5.41, 5.74) is 1.54. The summed E-state index contributed by atoms with van der Waals surface area (Å²) in [5, 5.41) is 2.23. The summed E-state index contributed by atoms with van der Waals surface area (Å²) < 4.78 is 0. The van der Waals surface area contributed by atoms with E-state index in [0.29, 0.717) is 11.9 Å². The molecule has 1 fully saturated rings. The third-order valence-corrected chi connectivity index (χ3v) is 6.77. The highest BCUT2D eigenvalue weighted by molar-refractivity contribution is 7.10. The first-order chi connectivity index (χ1) is 11.3. The van der Waals surface area contributed by atoms with Gasteiger partial charge >= 0.3 is 0 Å². The maximum absolute atomic E-state index is 12.6. The smallest absolute Gasteiger partial charge is 0.226 e. The van der Waals surface area contributed by atoms with Crippen LogP contribution in [0.2, 0.25) is 0 Å². The highest BCUT2D eigenvalue weighted by Crippen LogP contribution is 2.29. The Morgan fingerprint density at radius 1 is 1.13 bits per heavy atom. The lowest BCUT2D eigenvalue weighted by Gasteiger charge is -2.41. The highest BCUT2D eigenvalue weighted by Gasteiger charge is 2.31. The molecule has 0 aromatic carbocycles. The predicted molar refractivity (Wildman–Crippen MR) is 94.5 cm³/mol. The van der Waals surface area contributed by atoms with Crippen molar-refractivity contribution in [2.75, 3.05) is 19.6 Å². The Morgan fingerprint density at radius 3 is 2.78 bits per heavy atom. The van der Waals surface area contributed by atoms with Crippen LogP contribution in [0.15, 0.2) is 23.6 Å². The molecule has 1 atom stereocenters. The molecule has 1 aliphatic carbocycles. The lowest BCUT2D eigenvalue weighted by atomic mass is 9.91. The zero-order valence-corrected chi connectivity index (χ0v) is 14.6. The zero-order valence-electron chi connectivity index (χ0n) is 13.7. The molecule has 0 N–H and O–H groups in total. The Bertz CT molecular complexity index is 586. The molecule has 0 radical (unpaired) electrons. The monoisotopic (exact) mass is 330 g/mol. The van der Waals surface area contributed by atoms with Crippen molar-refractivity contribution in [3.8, 4) is 0 Å². The molecule has 1 saturated heterocycles. The van der Waals surface area contributed by atoms with Crippen LogP contribution in [-0.4, -0.2) is 41.4 Å². The molecular weight excluding hydrogens is 304 g/mol. The van der Waals surface area contributed by atoms with Gasteiger partial charge in [-0.1, -0.05) is 12.2 Å². The standard InChI is InChI=1S/C19H26N2OS/c22-19(15-4-2-1-3-5-15)20-10-6-17(7-11-20)21-12-8-18-16(14-21)9-13-23-18/h1-2,9,13,15,17H,3-8,10-12,14H2. The second-order valence-corrected chi connectivity index (χ2v) is 8.13. The summed E-state index contributed by atoms with van der Waals surface area (Å²) in [6, 6.07) is 2.96. The molecule has 3 heterocycles. The molecule has 1 aromatic rings. The van der Waals surface area contributed by atoms with E-state index >= 15 is 0 Å². The summed E-state index contributed by atoms with van der Waals surface area (Å²) in [6.45, 7) is 4.22. The number of nitrogens with zero attached hydrogens (tertiary/aromatic N) is 2. The number of carbonyl (C=O) groups is 1. The number of fused-ring (bicyclic) bond motifs is 1. The van der Waals surface area contributed by atoms with E-state index in [0.717, 1.165) is 51.7 Å². The molecule has 23 heavy (non-hydrogen) atoms. The first kappa shape index (κ1) is 15.4. The molecule has 3 nitrogen and oxygen atoms in total. The van der Waals surface area contributed by atoms with Crippen molar-refractivity contribution in [3.63, 3.8) is 0 Å². The Balaban J connectivity index is 1.31. The van der Waals surface area contributed by atoms with Gasteiger partial charge in [0, 0.05) is 43.0 Å². The number of rotatable bonds is 2. The van der Waals surface area contributed by atoms with E-state index in [1.165, 1.54) is 18.5 Å². The van der Waals surface area contributed by atoms with Gasteiger partial charge in [0.05, 0.1) is 0 Å². The fourth-order valence-electron chi connectivity index (χ4n) is 4.31. The van der Waals surface area contributed by atoms with E-state index in [9.17, 15) is 4.79 Å². The van der Waals surface area contributed by atoms with Crippen LogP contribution >= 0.6 is 11.3 Å². The maximum atomic E-state index is 12.6. The fourth-order valence-corrected chi connectivity index (χ4v) is 5.20. The van der Waals surface area contributed by atoms with Crippen molar-refractivity contribution in [1.82, 2.24) is 9.80 Å². The van der Waals surface area contributed by atoms with Gasteiger partial charge in [-0.05, 0) is 55.5 Å². The minimum Gasteiger partial charge on any atom is -0.342 e. The first-order valence-electron chi connectivity index (χ1n) is 9.04. The number of carbonyl (C=O) groups excluding carboxylic acids is 1. The lowest BCUT2D eigenvalue weighted by Crippen LogP contribution is -2.49. The quantitative estimate of drug-likeness (QED) is 0.776. The number of hydrogen-bond acceptors (Lipinski definition) is 3. The molecule has 2 aliphatic heterocycles. The van der Waals surface area contributed by atoms with E-state index in [1.807, 2.05) is 11.3 Å². The second kappa shape index (κ2) is 6.78. The molecule has 0 spiro atoms. The Kier molecular flexibility index (Phi) is 4.54. The van der Waals surface area contributed by atoms with Gasteiger partial charge in [0.15, 0.2) is 0 Å². The number of piperidine rings is 1. The van der Waals surface area contributed by atoms with Gasteiger partial charge in [0.1, 0.15) is 0 Å². The second-order valence-electron chi connectivity index (χ2n) is 7.13. The Morgan fingerprint density at radius 2 is 2.00 bits per heavy atom. The van der Waals surface area contributed by atoms with E-state index < -0.39 is 0 Å². The van der Waals surface area contributed by atoms with Crippen molar-refractivity contribution in [1.29, 1.82) is 0 Å². The summed E-state index contributed by atoms with van der Waals surface area (Å²) in [7, 11) is 0. The van der Waals surface area contributed by atoms with Crippen molar-refractivity contribution >= 4 is 17.2 Å². The maximum Gasteiger partial charge on any atom is 0.226 e. The van der Waals surface area contributed by atoms with Crippen LogP contribution in [-0.2, 0) is 17.8 Å². The van der Waals surface area contributed by atoms with Gasteiger partial charge in [-0.15, -0.1) is 11.3 Å². The van der Waals surface area contributed by atoms with Crippen molar-refractivity contribution in [2.24, 2.45) is 5.92 Å². The minimum atomic E-state index is 0.250. The number of likely N-dealkylation sites (tertiary alicyclic amines) is 1. The number of thiophene rings is 1. The molecule has 4 rings (SSSR count). The number of amides is 1. The van der Waals surface area contributed by atoms with E-state index in [2.05, 4.69) is 33.4 Å². The summed E-state index contributed by atoms with van der Waals surface area (Å²) >= 11 is 1.91. The topological polar surface area (TPSA) is 23.6 Å². The molecular formula is C19H26N2OS.